The molecule has 0 aliphatic rings. The van der Waals surface area contributed by atoms with Gasteiger partial charge in [-0.25, -0.2) is 4.99 Å². The Balaban J connectivity index is 0.000000960. The number of nitro benzene ring substituents is 1. The van der Waals surface area contributed by atoms with Crippen molar-refractivity contribution >= 4 is 29.9 Å². The molecule has 1 heterocycles. The van der Waals surface area contributed by atoms with Crippen LogP contribution in [-0.2, 0) is 4.79 Å². The molecule has 0 bridgehead atoms. The van der Waals surface area contributed by atoms with Gasteiger partial charge in [-0.2, -0.15) is 0 Å². The Labute approximate surface area is 166 Å². The summed E-state index contributed by atoms with van der Waals surface area (Å²) in [6, 6.07) is 10.2. The molecule has 0 aliphatic heterocycles. The molecule has 0 saturated heterocycles. The number of allylic oxidation sites excluding steroid dienone is 2. The standard InChI is InChI=1S/C17H16N6O2.C2H4O2/c18-17(21-19)20-12-6-2-1-3-8-14-9-7-13-22(14)15-10-4-5-11-16(15)23(24)25;1-2(3)4/h1,3-13H,19H2,(H2,18,21);1H3,(H,3,4). The summed E-state index contributed by atoms with van der Waals surface area (Å²) in [6.45, 7) is 1.08. The zero-order valence-corrected chi connectivity index (χ0v) is 15.5. The summed E-state index contributed by atoms with van der Waals surface area (Å²) in [7, 11) is 0. The molecule has 1 aromatic heterocycles. The van der Waals surface area contributed by atoms with Crippen LogP contribution >= 0.6 is 0 Å². The van der Waals surface area contributed by atoms with E-state index in [0.717, 1.165) is 12.6 Å². The number of nitro groups is 1. The summed E-state index contributed by atoms with van der Waals surface area (Å²) >= 11 is 0. The highest BCUT2D eigenvalue weighted by molar-refractivity contribution is 5.89. The lowest BCUT2D eigenvalue weighted by Gasteiger charge is -2.06. The lowest BCUT2D eigenvalue weighted by atomic mass is 10.2. The first-order chi connectivity index (χ1) is 13.9. The number of hydrogen-bond acceptors (Lipinski definition) is 5. The van der Waals surface area contributed by atoms with E-state index in [9.17, 15) is 10.1 Å². The predicted molar refractivity (Wildman–Crippen MR) is 112 cm³/mol. The van der Waals surface area contributed by atoms with Crippen molar-refractivity contribution in [2.24, 2.45) is 21.7 Å². The van der Waals surface area contributed by atoms with E-state index in [-0.39, 0.29) is 11.6 Å². The molecule has 0 unspecified atom stereocenters. The van der Waals surface area contributed by atoms with E-state index in [2.05, 4.69) is 15.8 Å². The number of benzene rings is 1. The second kappa shape index (κ2) is 12.0. The Hall–Kier alpha value is -4.43. The van der Waals surface area contributed by atoms with Gasteiger partial charge in [0.15, 0.2) is 0 Å². The Bertz CT molecular complexity index is 994. The van der Waals surface area contributed by atoms with Crippen LogP contribution in [0.4, 0.5) is 5.69 Å². The van der Waals surface area contributed by atoms with E-state index < -0.39 is 10.9 Å². The number of hydrazone groups is 1. The van der Waals surface area contributed by atoms with Gasteiger partial charge in [-0.3, -0.25) is 14.9 Å². The van der Waals surface area contributed by atoms with Crippen molar-refractivity contribution in [3.8, 4) is 5.69 Å². The van der Waals surface area contributed by atoms with Crippen LogP contribution in [0.2, 0.25) is 0 Å². The van der Waals surface area contributed by atoms with Crippen molar-refractivity contribution < 1.29 is 14.8 Å². The molecule has 1 aromatic carbocycles. The molecule has 29 heavy (non-hydrogen) atoms. The monoisotopic (exact) mass is 396 g/mol. The molecule has 0 atom stereocenters. The number of carboxylic acid groups (broad SMARTS) is 1. The second-order valence-electron chi connectivity index (χ2n) is 5.19. The average Bonchev–Trinajstić information content (AvgIpc) is 3.14. The Morgan fingerprint density at radius 1 is 1.28 bits per heavy atom. The van der Waals surface area contributed by atoms with E-state index in [1.165, 1.54) is 12.3 Å². The minimum absolute atomic E-state index is 0.0316. The Kier molecular flexibility index (Phi) is 9.39. The molecular formula is C19H20N6O4. The molecule has 150 valence electrons. The molecule has 0 amide bonds. The highest BCUT2D eigenvalue weighted by Gasteiger charge is 2.14. The quantitative estimate of drug-likeness (QED) is 0.134. The number of nitrogens with zero attached hydrogens (tertiary/aromatic N) is 4. The number of aliphatic carboxylic acids is 1. The topological polar surface area (TPSA) is 162 Å². The first kappa shape index (κ1) is 22.6. The third-order valence-electron chi connectivity index (χ3n) is 3.09. The molecule has 0 radical (unpaired) electrons. The van der Waals surface area contributed by atoms with Gasteiger partial charge in [-0.05, 0) is 36.4 Å². The highest BCUT2D eigenvalue weighted by atomic mass is 16.6. The lowest BCUT2D eigenvalue weighted by Crippen LogP contribution is -2.10. The molecular weight excluding hydrogens is 376 g/mol. The van der Waals surface area contributed by atoms with E-state index in [4.69, 9.17) is 21.5 Å². The smallest absolute Gasteiger partial charge is 0.300 e. The molecule has 0 fully saturated rings. The van der Waals surface area contributed by atoms with Crippen LogP contribution in [0.25, 0.3) is 11.8 Å². The maximum Gasteiger partial charge on any atom is 0.300 e. The molecule has 2 aromatic rings. The van der Waals surface area contributed by atoms with Crippen LogP contribution < -0.4 is 11.6 Å². The summed E-state index contributed by atoms with van der Waals surface area (Å²) in [6.07, 6.45) is 9.95. The highest BCUT2D eigenvalue weighted by Crippen LogP contribution is 2.24. The summed E-state index contributed by atoms with van der Waals surface area (Å²) in [5, 5.41) is 21.8. The molecule has 5 N–H and O–H groups in total. The summed E-state index contributed by atoms with van der Waals surface area (Å²) in [5.41, 5.74) is 9.48. The number of aromatic nitrogens is 1. The van der Waals surface area contributed by atoms with Crippen LogP contribution in [0.1, 0.15) is 12.6 Å². The zero-order chi connectivity index (χ0) is 21.6. The Morgan fingerprint density at radius 3 is 2.62 bits per heavy atom. The third-order valence-corrected chi connectivity index (χ3v) is 3.09. The molecule has 0 saturated carbocycles. The number of para-hydroxylation sites is 2. The van der Waals surface area contributed by atoms with Crippen molar-refractivity contribution in [3.05, 3.63) is 82.4 Å². The van der Waals surface area contributed by atoms with Gasteiger partial charge in [0, 0.05) is 31.1 Å². The molecule has 0 aliphatic carbocycles. The maximum absolute atomic E-state index is 11.2. The van der Waals surface area contributed by atoms with E-state index >= 15 is 0 Å². The Morgan fingerprint density at radius 2 is 1.97 bits per heavy atom. The SMILES string of the molecule is CC(=O)O.NN=C(N)N=CC=C=CC=Cc1cccn1-c1ccccc1[N+](=O)[O-]. The van der Waals surface area contributed by atoms with Gasteiger partial charge in [-0.1, -0.05) is 18.2 Å². The number of nitrogens with two attached hydrogens (primary N) is 2. The number of carboxylic acids is 1. The van der Waals surface area contributed by atoms with Gasteiger partial charge in [0.1, 0.15) is 5.69 Å². The van der Waals surface area contributed by atoms with E-state index in [1.807, 2.05) is 18.2 Å². The molecule has 0 spiro atoms. The lowest BCUT2D eigenvalue weighted by molar-refractivity contribution is -0.384. The van der Waals surface area contributed by atoms with Gasteiger partial charge in [0.05, 0.1) is 4.92 Å². The molecule has 10 nitrogen and oxygen atoms in total. The third kappa shape index (κ3) is 8.20. The molecule has 10 heteroatoms. The van der Waals surface area contributed by atoms with Gasteiger partial charge < -0.3 is 21.2 Å². The minimum Gasteiger partial charge on any atom is -0.481 e. The van der Waals surface area contributed by atoms with Crippen LogP contribution in [0.5, 0.6) is 0 Å². The van der Waals surface area contributed by atoms with Crippen molar-refractivity contribution in [3.63, 3.8) is 0 Å². The van der Waals surface area contributed by atoms with Crippen molar-refractivity contribution in [1.29, 1.82) is 0 Å². The van der Waals surface area contributed by atoms with Gasteiger partial charge in [-0.15, -0.1) is 10.8 Å². The fourth-order valence-corrected chi connectivity index (χ4v) is 2.02. The summed E-state index contributed by atoms with van der Waals surface area (Å²) in [5.74, 6) is 4.07. The fourth-order valence-electron chi connectivity index (χ4n) is 2.02. The number of carbonyl (C=O) groups is 1. The first-order valence-electron chi connectivity index (χ1n) is 8.12. The largest absolute Gasteiger partial charge is 0.481 e. The van der Waals surface area contributed by atoms with Crippen LogP contribution in [-0.4, -0.2) is 32.7 Å². The first-order valence-corrected chi connectivity index (χ1v) is 8.12. The predicted octanol–water partition coefficient (Wildman–Crippen LogP) is 2.46. The van der Waals surface area contributed by atoms with E-state index in [1.54, 1.807) is 47.2 Å². The summed E-state index contributed by atoms with van der Waals surface area (Å²) in [4.78, 5) is 23.5. The number of rotatable bonds is 5. The van der Waals surface area contributed by atoms with E-state index in [0.29, 0.717) is 5.69 Å². The van der Waals surface area contributed by atoms with Crippen molar-refractivity contribution in [1.82, 2.24) is 4.57 Å². The zero-order valence-electron chi connectivity index (χ0n) is 15.5. The summed E-state index contributed by atoms with van der Waals surface area (Å²) < 4.78 is 1.74. The van der Waals surface area contributed by atoms with Gasteiger partial charge in [0.2, 0.25) is 5.96 Å². The molecule has 2 rings (SSSR count). The number of guanidine groups is 1. The average molecular weight is 396 g/mol. The van der Waals surface area contributed by atoms with Crippen LogP contribution in [0, 0.1) is 10.1 Å². The number of aliphatic imine (C=N–C) groups is 1. The maximum atomic E-state index is 11.2. The van der Waals surface area contributed by atoms with Gasteiger partial charge in [0.25, 0.3) is 11.7 Å². The second-order valence-corrected chi connectivity index (χ2v) is 5.19. The van der Waals surface area contributed by atoms with Gasteiger partial charge >= 0.3 is 0 Å². The minimum atomic E-state index is -0.833. The van der Waals surface area contributed by atoms with Crippen LogP contribution in [0.15, 0.2) is 76.6 Å². The van der Waals surface area contributed by atoms with Crippen molar-refractivity contribution in [2.45, 2.75) is 6.92 Å². The normalized spacial score (nSPS) is 10.9. The van der Waals surface area contributed by atoms with Crippen LogP contribution in [0.3, 0.4) is 0 Å². The van der Waals surface area contributed by atoms with Crippen molar-refractivity contribution in [2.75, 3.05) is 0 Å². The fraction of sp³-hybridized carbons (Fsp3) is 0.0526. The number of hydrogen-bond donors (Lipinski definition) is 3.